The fourth-order valence-corrected chi connectivity index (χ4v) is 2.68. The summed E-state index contributed by atoms with van der Waals surface area (Å²) in [5, 5.41) is 15.7. The lowest BCUT2D eigenvalue weighted by atomic mass is 9.99. The monoisotopic (exact) mass is 285 g/mol. The van der Waals surface area contributed by atoms with Crippen LogP contribution in [0, 0.1) is 10.1 Å². The molecule has 0 aliphatic carbocycles. The highest BCUT2D eigenvalue weighted by Gasteiger charge is 2.19. The molecule has 0 fully saturated rings. The van der Waals surface area contributed by atoms with Gasteiger partial charge in [-0.25, -0.2) is 13.6 Å². The molecule has 0 saturated heterocycles. The number of fused-ring (bicyclic) bond motifs is 1. The second kappa shape index (κ2) is 5.24. The molecule has 0 aromatic heterocycles. The van der Waals surface area contributed by atoms with Crippen molar-refractivity contribution < 1.29 is 13.3 Å². The van der Waals surface area contributed by atoms with Crippen LogP contribution in [-0.2, 0) is 23.0 Å². The van der Waals surface area contributed by atoms with E-state index in [9.17, 15) is 18.5 Å². The largest absolute Gasteiger partial charge is 0.298 e. The molecular formula is C11H15N3O4S. The Labute approximate surface area is 111 Å². The molecule has 19 heavy (non-hydrogen) atoms. The lowest BCUT2D eigenvalue weighted by Crippen LogP contribution is -2.35. The molecule has 0 atom stereocenters. The quantitative estimate of drug-likeness (QED) is 0.630. The zero-order valence-corrected chi connectivity index (χ0v) is 11.1. The molecule has 1 aliphatic heterocycles. The first-order valence-electron chi connectivity index (χ1n) is 5.84. The van der Waals surface area contributed by atoms with Crippen molar-refractivity contribution in [1.29, 1.82) is 0 Å². The van der Waals surface area contributed by atoms with Gasteiger partial charge >= 0.3 is 0 Å². The fourth-order valence-electron chi connectivity index (χ4n) is 2.16. The molecule has 1 aromatic carbocycles. The van der Waals surface area contributed by atoms with E-state index < -0.39 is 14.9 Å². The van der Waals surface area contributed by atoms with Gasteiger partial charge < -0.3 is 0 Å². The lowest BCUT2D eigenvalue weighted by molar-refractivity contribution is -0.385. The molecule has 1 aliphatic rings. The molecule has 8 heteroatoms. The molecule has 1 heterocycles. The first kappa shape index (κ1) is 13.9. The Balaban J connectivity index is 2.09. The van der Waals surface area contributed by atoms with E-state index in [0.29, 0.717) is 13.1 Å². The summed E-state index contributed by atoms with van der Waals surface area (Å²) in [5.41, 5.74) is 2.03. The summed E-state index contributed by atoms with van der Waals surface area (Å²) < 4.78 is 21.8. The number of nitrogens with two attached hydrogens (primary N) is 1. The van der Waals surface area contributed by atoms with Gasteiger partial charge in [0, 0.05) is 31.8 Å². The van der Waals surface area contributed by atoms with Crippen molar-refractivity contribution in [2.45, 2.75) is 13.0 Å². The van der Waals surface area contributed by atoms with Gasteiger partial charge in [-0.1, -0.05) is 6.07 Å². The van der Waals surface area contributed by atoms with Gasteiger partial charge in [-0.3, -0.25) is 15.0 Å². The second-order valence-electron chi connectivity index (χ2n) is 4.60. The van der Waals surface area contributed by atoms with Gasteiger partial charge in [-0.05, 0) is 17.5 Å². The highest BCUT2D eigenvalue weighted by molar-refractivity contribution is 7.89. The van der Waals surface area contributed by atoms with Gasteiger partial charge in [0.1, 0.15) is 0 Å². The number of hydrogen-bond acceptors (Lipinski definition) is 5. The highest BCUT2D eigenvalue weighted by Crippen LogP contribution is 2.23. The van der Waals surface area contributed by atoms with Crippen LogP contribution in [0.2, 0.25) is 0 Å². The second-order valence-corrected chi connectivity index (χ2v) is 6.34. The van der Waals surface area contributed by atoms with E-state index in [0.717, 1.165) is 24.1 Å². The van der Waals surface area contributed by atoms with Crippen molar-refractivity contribution in [1.82, 2.24) is 4.90 Å². The van der Waals surface area contributed by atoms with Crippen LogP contribution in [0.1, 0.15) is 11.1 Å². The number of nitro benzene ring substituents is 1. The molecule has 0 saturated carbocycles. The third kappa shape index (κ3) is 3.72. The first-order valence-corrected chi connectivity index (χ1v) is 7.56. The number of sulfonamides is 1. The third-order valence-corrected chi connectivity index (χ3v) is 3.94. The number of rotatable bonds is 4. The summed E-state index contributed by atoms with van der Waals surface area (Å²) in [7, 11) is -3.47. The molecule has 2 rings (SSSR count). The summed E-state index contributed by atoms with van der Waals surface area (Å²) in [4.78, 5) is 12.2. The first-order chi connectivity index (χ1) is 8.85. The Bertz CT molecular complexity index is 600. The zero-order valence-electron chi connectivity index (χ0n) is 10.3. The maximum absolute atomic E-state index is 10.9. The average molecular weight is 285 g/mol. The van der Waals surface area contributed by atoms with Crippen molar-refractivity contribution in [3.63, 3.8) is 0 Å². The van der Waals surface area contributed by atoms with Gasteiger partial charge in [0.15, 0.2) is 0 Å². The smallest absolute Gasteiger partial charge is 0.269 e. The molecular weight excluding hydrogens is 270 g/mol. The van der Waals surface area contributed by atoms with E-state index in [-0.39, 0.29) is 11.4 Å². The van der Waals surface area contributed by atoms with Gasteiger partial charge in [-0.15, -0.1) is 0 Å². The molecule has 0 bridgehead atoms. The van der Waals surface area contributed by atoms with Crippen molar-refractivity contribution in [2.24, 2.45) is 5.14 Å². The molecule has 1 aromatic rings. The van der Waals surface area contributed by atoms with E-state index in [2.05, 4.69) is 0 Å². The minimum absolute atomic E-state index is 0.0621. The molecule has 104 valence electrons. The van der Waals surface area contributed by atoms with Crippen LogP contribution in [-0.4, -0.2) is 37.1 Å². The predicted octanol–water partition coefficient (Wildman–Crippen LogP) is 0.241. The summed E-state index contributed by atoms with van der Waals surface area (Å²) in [6.45, 7) is 1.60. The Morgan fingerprint density at radius 2 is 2.11 bits per heavy atom. The molecule has 2 N–H and O–H groups in total. The Morgan fingerprint density at radius 1 is 1.37 bits per heavy atom. The topological polar surface area (TPSA) is 107 Å². The van der Waals surface area contributed by atoms with Crippen LogP contribution in [0.15, 0.2) is 18.2 Å². The summed E-state index contributed by atoms with van der Waals surface area (Å²) in [6, 6.07) is 4.82. The predicted molar refractivity (Wildman–Crippen MR) is 70.1 cm³/mol. The van der Waals surface area contributed by atoms with Crippen molar-refractivity contribution in [3.8, 4) is 0 Å². The van der Waals surface area contributed by atoms with E-state index in [1.165, 1.54) is 6.07 Å². The minimum atomic E-state index is -3.47. The van der Waals surface area contributed by atoms with Crippen LogP contribution in [0.3, 0.4) is 0 Å². The minimum Gasteiger partial charge on any atom is -0.298 e. The number of hydrogen-bond donors (Lipinski definition) is 1. The Morgan fingerprint density at radius 3 is 2.74 bits per heavy atom. The van der Waals surface area contributed by atoms with Gasteiger partial charge in [0.05, 0.1) is 10.7 Å². The Hall–Kier alpha value is -1.51. The Kier molecular flexibility index (Phi) is 3.83. The number of primary sulfonamides is 1. The number of nitrogens with zero attached hydrogens (tertiary/aromatic N) is 2. The van der Waals surface area contributed by atoms with E-state index in [1.54, 1.807) is 12.1 Å². The standard InChI is InChI=1S/C11H15N3O4S/c12-19(17,18)6-5-13-4-3-9-1-2-11(14(15)16)7-10(9)8-13/h1-2,7H,3-6,8H2,(H2,12,17,18). The van der Waals surface area contributed by atoms with E-state index in [1.807, 2.05) is 4.90 Å². The van der Waals surface area contributed by atoms with E-state index in [4.69, 9.17) is 5.14 Å². The van der Waals surface area contributed by atoms with Crippen LogP contribution < -0.4 is 5.14 Å². The molecule has 0 spiro atoms. The SMILES string of the molecule is NS(=O)(=O)CCN1CCc2ccc([N+](=O)[O-])cc2C1. The summed E-state index contributed by atoms with van der Waals surface area (Å²) in [5.74, 6) is -0.0999. The molecule has 0 radical (unpaired) electrons. The normalized spacial score (nSPS) is 16.1. The van der Waals surface area contributed by atoms with Crippen LogP contribution in [0.5, 0.6) is 0 Å². The molecule has 7 nitrogen and oxygen atoms in total. The van der Waals surface area contributed by atoms with Crippen LogP contribution in [0.25, 0.3) is 0 Å². The van der Waals surface area contributed by atoms with Crippen LogP contribution >= 0.6 is 0 Å². The van der Waals surface area contributed by atoms with Gasteiger partial charge in [0.25, 0.3) is 5.69 Å². The summed E-state index contributed by atoms with van der Waals surface area (Å²) >= 11 is 0. The maximum atomic E-state index is 10.9. The van der Waals surface area contributed by atoms with Crippen molar-refractivity contribution in [2.75, 3.05) is 18.8 Å². The number of nitro groups is 1. The lowest BCUT2D eigenvalue weighted by Gasteiger charge is -2.28. The number of non-ortho nitro benzene ring substituents is 1. The third-order valence-electron chi connectivity index (χ3n) is 3.18. The van der Waals surface area contributed by atoms with Crippen LogP contribution in [0.4, 0.5) is 5.69 Å². The van der Waals surface area contributed by atoms with Crippen molar-refractivity contribution in [3.05, 3.63) is 39.4 Å². The van der Waals surface area contributed by atoms with Gasteiger partial charge in [-0.2, -0.15) is 0 Å². The molecule has 0 amide bonds. The van der Waals surface area contributed by atoms with Gasteiger partial charge in [0.2, 0.25) is 10.0 Å². The van der Waals surface area contributed by atoms with Crippen molar-refractivity contribution >= 4 is 15.7 Å². The van der Waals surface area contributed by atoms with E-state index >= 15 is 0 Å². The number of benzene rings is 1. The maximum Gasteiger partial charge on any atom is 0.269 e. The molecule has 0 unspecified atom stereocenters. The fraction of sp³-hybridized carbons (Fsp3) is 0.455. The zero-order chi connectivity index (χ0) is 14.0. The highest BCUT2D eigenvalue weighted by atomic mass is 32.2. The average Bonchev–Trinajstić information content (AvgIpc) is 2.34. The summed E-state index contributed by atoms with van der Waals surface area (Å²) in [6.07, 6.45) is 0.762.